The van der Waals surface area contributed by atoms with Gasteiger partial charge in [-0.1, -0.05) is 25.4 Å². The summed E-state index contributed by atoms with van der Waals surface area (Å²) in [5.41, 5.74) is 1.11. The summed E-state index contributed by atoms with van der Waals surface area (Å²) in [4.78, 5) is 12.2. The summed E-state index contributed by atoms with van der Waals surface area (Å²) in [5.74, 6) is 1.23. The van der Waals surface area contributed by atoms with E-state index in [1.165, 1.54) is 11.4 Å². The number of hydrogen-bond donors (Lipinski definition) is 1. The van der Waals surface area contributed by atoms with E-state index in [1.807, 2.05) is 13.8 Å². The molecule has 5 nitrogen and oxygen atoms in total. The number of benzene rings is 2. The van der Waals surface area contributed by atoms with Crippen LogP contribution in [0, 0.1) is 5.92 Å². The van der Waals surface area contributed by atoms with Crippen molar-refractivity contribution in [2.45, 2.75) is 20.8 Å². The average Bonchev–Trinajstić information content (AvgIpc) is 2.62. The number of anilines is 1. The molecular formula is C19H23ClNO4PS. The Kier molecular flexibility index (Phi) is 8.24. The van der Waals surface area contributed by atoms with Crippen LogP contribution in [0.15, 0.2) is 48.5 Å². The second kappa shape index (κ2) is 10.2. The highest BCUT2D eigenvalue weighted by atomic mass is 35.5. The number of amides is 1. The van der Waals surface area contributed by atoms with Gasteiger partial charge >= 0.3 is 6.80 Å². The topological polar surface area (TPSA) is 64.6 Å². The number of carbonyl (C=O) groups is 1. The molecule has 0 aliphatic rings. The molecular weight excluding hydrogens is 405 g/mol. The van der Waals surface area contributed by atoms with Crippen molar-refractivity contribution in [2.24, 2.45) is 5.92 Å². The largest absolute Gasteiger partial charge is 0.440 e. The average molecular weight is 428 g/mol. The van der Waals surface area contributed by atoms with Crippen LogP contribution in [-0.2, 0) is 9.09 Å². The minimum atomic E-state index is -3.27. The van der Waals surface area contributed by atoms with E-state index < -0.39 is 6.80 Å². The molecule has 1 N–H and O–H groups in total. The number of rotatable bonds is 9. The van der Waals surface area contributed by atoms with E-state index in [0.29, 0.717) is 40.3 Å². The Balaban J connectivity index is 2.01. The Morgan fingerprint density at radius 3 is 2.33 bits per heavy atom. The molecule has 0 heterocycles. The number of halogens is 1. The third-order valence-electron chi connectivity index (χ3n) is 3.29. The Hall–Kier alpha value is -1.46. The first kappa shape index (κ1) is 21.8. The molecule has 2 aromatic carbocycles. The van der Waals surface area contributed by atoms with Crippen LogP contribution in [0.4, 0.5) is 5.69 Å². The highest BCUT2D eigenvalue weighted by molar-refractivity contribution is 8.55. The fraction of sp³-hybridized carbons (Fsp3) is 0.316. The van der Waals surface area contributed by atoms with Gasteiger partial charge in [0.05, 0.1) is 6.61 Å². The van der Waals surface area contributed by atoms with Gasteiger partial charge in [-0.05, 0) is 72.8 Å². The van der Waals surface area contributed by atoms with E-state index in [-0.39, 0.29) is 5.91 Å². The van der Waals surface area contributed by atoms with Crippen molar-refractivity contribution in [1.29, 1.82) is 0 Å². The lowest BCUT2D eigenvalue weighted by Crippen LogP contribution is -2.11. The molecule has 0 radical (unpaired) electrons. The Morgan fingerprint density at radius 1 is 1.15 bits per heavy atom. The zero-order valence-electron chi connectivity index (χ0n) is 15.5. The van der Waals surface area contributed by atoms with Crippen LogP contribution >= 0.6 is 29.8 Å². The summed E-state index contributed by atoms with van der Waals surface area (Å²) in [5, 5.41) is 3.36. The molecule has 0 fully saturated rings. The highest BCUT2D eigenvalue weighted by Crippen LogP contribution is 2.60. The van der Waals surface area contributed by atoms with Crippen LogP contribution in [0.5, 0.6) is 5.75 Å². The zero-order chi connectivity index (χ0) is 19.9. The quantitative estimate of drug-likeness (QED) is 0.462. The van der Waals surface area contributed by atoms with E-state index in [1.54, 1.807) is 55.5 Å². The van der Waals surface area contributed by atoms with Crippen LogP contribution < -0.4 is 9.84 Å². The smallest absolute Gasteiger partial charge is 0.417 e. The van der Waals surface area contributed by atoms with Crippen molar-refractivity contribution in [3.63, 3.8) is 0 Å². The van der Waals surface area contributed by atoms with Crippen LogP contribution in [-0.4, -0.2) is 18.3 Å². The molecule has 0 aliphatic carbocycles. The molecule has 0 saturated heterocycles. The van der Waals surface area contributed by atoms with E-state index in [4.69, 9.17) is 20.6 Å². The molecule has 0 aromatic heterocycles. The fourth-order valence-electron chi connectivity index (χ4n) is 2.02. The first-order valence-corrected chi connectivity index (χ1v) is 12.1. The van der Waals surface area contributed by atoms with Crippen LogP contribution in [0.25, 0.3) is 0 Å². The molecule has 1 amide bonds. The Morgan fingerprint density at radius 2 is 1.78 bits per heavy atom. The molecule has 146 valence electrons. The van der Waals surface area contributed by atoms with E-state index in [2.05, 4.69) is 5.32 Å². The maximum atomic E-state index is 12.8. The molecule has 0 spiro atoms. The zero-order valence-corrected chi connectivity index (χ0v) is 17.9. The number of hydrogen-bond acceptors (Lipinski definition) is 5. The second-order valence-electron chi connectivity index (χ2n) is 6.13. The monoisotopic (exact) mass is 427 g/mol. The molecule has 1 atom stereocenters. The summed E-state index contributed by atoms with van der Waals surface area (Å²) >= 11 is 7.02. The van der Waals surface area contributed by atoms with E-state index >= 15 is 0 Å². The highest BCUT2D eigenvalue weighted by Gasteiger charge is 2.27. The maximum absolute atomic E-state index is 12.8. The predicted octanol–water partition coefficient (Wildman–Crippen LogP) is 6.50. The normalized spacial score (nSPS) is 13.2. The standard InChI is InChI=1S/C19H23ClNO4PS/c1-4-24-26(23,27-13-14(2)3)25-18-11-9-17(10-12-18)21-19(22)15-5-7-16(20)8-6-15/h5-12,14H,4,13H2,1-3H3,(H,21,22). The van der Waals surface area contributed by atoms with Gasteiger partial charge in [0.2, 0.25) is 0 Å². The molecule has 2 rings (SSSR count). The van der Waals surface area contributed by atoms with Gasteiger partial charge in [0, 0.05) is 22.0 Å². The minimum absolute atomic E-state index is 0.243. The van der Waals surface area contributed by atoms with Gasteiger partial charge in [-0.25, -0.2) is 4.57 Å². The molecule has 0 bridgehead atoms. The van der Waals surface area contributed by atoms with Crippen molar-refractivity contribution in [1.82, 2.24) is 0 Å². The molecule has 8 heteroatoms. The molecule has 0 saturated carbocycles. The molecule has 2 aromatic rings. The Bertz CT molecular complexity index is 796. The lowest BCUT2D eigenvalue weighted by Gasteiger charge is -2.18. The summed E-state index contributed by atoms with van der Waals surface area (Å²) in [6, 6.07) is 13.3. The van der Waals surface area contributed by atoms with Crippen molar-refractivity contribution in [3.8, 4) is 5.75 Å². The van der Waals surface area contributed by atoms with Crippen molar-refractivity contribution in [2.75, 3.05) is 17.7 Å². The van der Waals surface area contributed by atoms with Gasteiger partial charge in [-0.15, -0.1) is 0 Å². The summed E-state index contributed by atoms with van der Waals surface area (Å²) < 4.78 is 23.8. The molecule has 1 unspecified atom stereocenters. The van der Waals surface area contributed by atoms with Gasteiger partial charge in [0.15, 0.2) is 0 Å². The lowest BCUT2D eigenvalue weighted by atomic mass is 10.2. The summed E-state index contributed by atoms with van der Waals surface area (Å²) in [7, 11) is 0. The predicted molar refractivity (Wildman–Crippen MR) is 113 cm³/mol. The first-order valence-electron chi connectivity index (χ1n) is 8.57. The lowest BCUT2D eigenvalue weighted by molar-refractivity contribution is 0.102. The van der Waals surface area contributed by atoms with Gasteiger partial charge in [-0.3, -0.25) is 9.32 Å². The Labute approximate surface area is 169 Å². The third-order valence-corrected chi connectivity index (χ3v) is 7.62. The molecule has 27 heavy (non-hydrogen) atoms. The van der Waals surface area contributed by atoms with E-state index in [0.717, 1.165) is 0 Å². The SMILES string of the molecule is CCOP(=O)(Oc1ccc(NC(=O)c2ccc(Cl)cc2)cc1)SCC(C)C. The van der Waals surface area contributed by atoms with E-state index in [9.17, 15) is 9.36 Å². The van der Waals surface area contributed by atoms with Crippen LogP contribution in [0.3, 0.4) is 0 Å². The van der Waals surface area contributed by atoms with Crippen molar-refractivity contribution >= 4 is 41.4 Å². The first-order chi connectivity index (χ1) is 12.8. The van der Waals surface area contributed by atoms with Gasteiger partial charge < -0.3 is 9.84 Å². The second-order valence-corrected chi connectivity index (χ2v) is 10.6. The van der Waals surface area contributed by atoms with Gasteiger partial charge in [0.1, 0.15) is 5.75 Å². The van der Waals surface area contributed by atoms with Gasteiger partial charge in [-0.2, -0.15) is 0 Å². The summed E-state index contributed by atoms with van der Waals surface area (Å²) in [6.45, 7) is 2.89. The third kappa shape index (κ3) is 7.23. The van der Waals surface area contributed by atoms with Crippen molar-refractivity contribution in [3.05, 3.63) is 59.1 Å². The number of carbonyl (C=O) groups excluding carboxylic acids is 1. The number of nitrogens with one attached hydrogen (secondary N) is 1. The van der Waals surface area contributed by atoms with Gasteiger partial charge in [0.25, 0.3) is 5.91 Å². The van der Waals surface area contributed by atoms with Crippen LogP contribution in [0.2, 0.25) is 5.02 Å². The fourth-order valence-corrected chi connectivity index (χ4v) is 5.90. The maximum Gasteiger partial charge on any atom is 0.440 e. The molecule has 0 aliphatic heterocycles. The minimum Gasteiger partial charge on any atom is -0.417 e. The van der Waals surface area contributed by atoms with Crippen molar-refractivity contribution < 1.29 is 18.4 Å². The van der Waals surface area contributed by atoms with Crippen LogP contribution in [0.1, 0.15) is 31.1 Å². The summed E-state index contributed by atoms with van der Waals surface area (Å²) in [6.07, 6.45) is 0.